The van der Waals surface area contributed by atoms with Crippen LogP contribution in [0.1, 0.15) is 30.0 Å². The molecule has 2 atom stereocenters. The molecule has 2 unspecified atom stereocenters. The Morgan fingerprint density at radius 1 is 1.33 bits per heavy atom. The van der Waals surface area contributed by atoms with Crippen molar-refractivity contribution in [3.05, 3.63) is 34.9 Å². The molecule has 3 heteroatoms. The molecule has 2 rings (SSSR count). The highest BCUT2D eigenvalue weighted by atomic mass is 35.5. The molecule has 0 amide bonds. The summed E-state index contributed by atoms with van der Waals surface area (Å²) in [6.07, 6.45) is 1.25. The number of hydrogen-bond acceptors (Lipinski definition) is 2. The molecule has 18 heavy (non-hydrogen) atoms. The van der Waals surface area contributed by atoms with Gasteiger partial charge in [0.2, 0.25) is 0 Å². The lowest BCUT2D eigenvalue weighted by molar-refractivity contribution is 0.255. The summed E-state index contributed by atoms with van der Waals surface area (Å²) in [5, 5.41) is 0. The fraction of sp³-hybridized carbons (Fsp3) is 0.600. The average molecular weight is 269 g/mol. The maximum Gasteiger partial charge on any atom is 0.0239 e. The van der Waals surface area contributed by atoms with Crippen LogP contribution in [0.15, 0.2) is 18.2 Å². The molecule has 102 valence electrons. The smallest absolute Gasteiger partial charge is 0.0239 e. The molecule has 1 aliphatic heterocycles. The van der Waals surface area contributed by atoms with Gasteiger partial charge in [-0.1, -0.05) is 23.8 Å². The predicted octanol–water partition coefficient (Wildman–Crippen LogP) is 2.89. The lowest BCUT2D eigenvalue weighted by Crippen LogP contribution is -2.27. The first kappa shape index (κ1) is 15.5. The molecule has 1 fully saturated rings. The number of hydrogen-bond donors (Lipinski definition) is 1. The van der Waals surface area contributed by atoms with Crippen molar-refractivity contribution in [3.63, 3.8) is 0 Å². The Labute approximate surface area is 117 Å². The van der Waals surface area contributed by atoms with E-state index in [-0.39, 0.29) is 12.4 Å². The fourth-order valence-electron chi connectivity index (χ4n) is 2.85. The van der Waals surface area contributed by atoms with E-state index in [9.17, 15) is 0 Å². The van der Waals surface area contributed by atoms with Gasteiger partial charge in [0.25, 0.3) is 0 Å². The third-order valence-electron chi connectivity index (χ3n) is 4.00. The minimum absolute atomic E-state index is 0. The molecular formula is C15H25ClN2. The molecule has 0 aromatic heterocycles. The lowest BCUT2D eigenvalue weighted by atomic mass is 10.1. The zero-order chi connectivity index (χ0) is 12.4. The molecule has 2 N–H and O–H groups in total. The summed E-state index contributed by atoms with van der Waals surface area (Å²) >= 11 is 0. The minimum atomic E-state index is 0. The van der Waals surface area contributed by atoms with Gasteiger partial charge in [0.15, 0.2) is 0 Å². The summed E-state index contributed by atoms with van der Waals surface area (Å²) in [4.78, 5) is 2.56. The molecule has 0 aliphatic carbocycles. The number of nitrogens with two attached hydrogens (primary N) is 1. The monoisotopic (exact) mass is 268 g/mol. The maximum atomic E-state index is 5.77. The molecule has 0 spiro atoms. The zero-order valence-corrected chi connectivity index (χ0v) is 12.5. The molecule has 0 radical (unpaired) electrons. The minimum Gasteiger partial charge on any atom is -0.330 e. The highest BCUT2D eigenvalue weighted by molar-refractivity contribution is 5.85. The van der Waals surface area contributed by atoms with Gasteiger partial charge >= 0.3 is 0 Å². The van der Waals surface area contributed by atoms with Gasteiger partial charge in [-0.25, -0.2) is 0 Å². The van der Waals surface area contributed by atoms with Crippen molar-refractivity contribution in [1.82, 2.24) is 4.90 Å². The first-order chi connectivity index (χ1) is 8.10. The first-order valence-corrected chi connectivity index (χ1v) is 6.60. The van der Waals surface area contributed by atoms with Crippen LogP contribution in [0.5, 0.6) is 0 Å². The van der Waals surface area contributed by atoms with Crippen LogP contribution in [0.2, 0.25) is 0 Å². The van der Waals surface area contributed by atoms with Crippen molar-refractivity contribution in [2.45, 2.75) is 39.8 Å². The van der Waals surface area contributed by atoms with E-state index in [1.807, 2.05) is 0 Å². The van der Waals surface area contributed by atoms with Crippen molar-refractivity contribution in [2.75, 3.05) is 13.1 Å². The molecule has 1 aliphatic rings. The third kappa shape index (κ3) is 3.47. The van der Waals surface area contributed by atoms with E-state index >= 15 is 0 Å². The summed E-state index contributed by atoms with van der Waals surface area (Å²) < 4.78 is 0. The van der Waals surface area contributed by atoms with Gasteiger partial charge in [-0.2, -0.15) is 0 Å². The SMILES string of the molecule is Cc1ccc(CN2CC(CN)CC2C)c(C)c1.Cl. The molecule has 2 nitrogen and oxygen atoms in total. The van der Waals surface area contributed by atoms with Crippen molar-refractivity contribution >= 4 is 12.4 Å². The van der Waals surface area contributed by atoms with Gasteiger partial charge in [-0.15, -0.1) is 12.4 Å². The second kappa shape index (κ2) is 6.55. The van der Waals surface area contributed by atoms with Gasteiger partial charge in [-0.3, -0.25) is 4.90 Å². The van der Waals surface area contributed by atoms with E-state index < -0.39 is 0 Å². The summed E-state index contributed by atoms with van der Waals surface area (Å²) in [5.41, 5.74) is 9.99. The molecule has 0 saturated carbocycles. The Balaban J connectivity index is 0.00000162. The molecule has 0 bridgehead atoms. The first-order valence-electron chi connectivity index (χ1n) is 6.60. The van der Waals surface area contributed by atoms with Gasteiger partial charge < -0.3 is 5.73 Å². The van der Waals surface area contributed by atoms with Crippen LogP contribution in [-0.4, -0.2) is 24.0 Å². The standard InChI is InChI=1S/C15H24N2.ClH/c1-11-4-5-15(12(2)6-11)10-17-9-14(8-16)7-13(17)3;/h4-6,13-14H,7-10,16H2,1-3H3;1H. The number of rotatable bonds is 3. The molecule has 1 heterocycles. The van der Waals surface area contributed by atoms with E-state index in [2.05, 4.69) is 43.9 Å². The number of benzene rings is 1. The number of aryl methyl sites for hydroxylation is 2. The summed E-state index contributed by atoms with van der Waals surface area (Å²) in [7, 11) is 0. The van der Waals surface area contributed by atoms with E-state index in [1.54, 1.807) is 0 Å². The van der Waals surface area contributed by atoms with Gasteiger partial charge in [0.05, 0.1) is 0 Å². The van der Waals surface area contributed by atoms with E-state index in [0.29, 0.717) is 12.0 Å². The summed E-state index contributed by atoms with van der Waals surface area (Å²) in [5.74, 6) is 0.691. The third-order valence-corrected chi connectivity index (χ3v) is 4.00. The van der Waals surface area contributed by atoms with Crippen LogP contribution < -0.4 is 5.73 Å². The van der Waals surface area contributed by atoms with Crippen LogP contribution in [0.4, 0.5) is 0 Å². The van der Waals surface area contributed by atoms with Crippen LogP contribution in [0, 0.1) is 19.8 Å². The van der Waals surface area contributed by atoms with Gasteiger partial charge in [-0.05, 0) is 50.8 Å². The Morgan fingerprint density at radius 2 is 2.06 bits per heavy atom. The largest absolute Gasteiger partial charge is 0.330 e. The maximum absolute atomic E-state index is 5.77. The van der Waals surface area contributed by atoms with Crippen LogP contribution in [-0.2, 0) is 6.54 Å². The Kier molecular flexibility index (Phi) is 5.64. The van der Waals surface area contributed by atoms with Crippen molar-refractivity contribution in [3.8, 4) is 0 Å². The topological polar surface area (TPSA) is 29.3 Å². The number of likely N-dealkylation sites (tertiary alicyclic amines) is 1. The van der Waals surface area contributed by atoms with Crippen LogP contribution in [0.3, 0.4) is 0 Å². The fourth-order valence-corrected chi connectivity index (χ4v) is 2.85. The molecular weight excluding hydrogens is 244 g/mol. The zero-order valence-electron chi connectivity index (χ0n) is 11.6. The predicted molar refractivity (Wildman–Crippen MR) is 80.2 cm³/mol. The van der Waals surface area contributed by atoms with Crippen molar-refractivity contribution < 1.29 is 0 Å². The van der Waals surface area contributed by atoms with Crippen LogP contribution >= 0.6 is 12.4 Å². The highest BCUT2D eigenvalue weighted by Crippen LogP contribution is 2.25. The normalized spacial score (nSPS) is 24.0. The Morgan fingerprint density at radius 3 is 2.61 bits per heavy atom. The van der Waals surface area contributed by atoms with E-state index in [1.165, 1.54) is 23.1 Å². The van der Waals surface area contributed by atoms with Gasteiger partial charge in [0, 0.05) is 19.1 Å². The molecule has 1 aromatic carbocycles. The number of halogens is 1. The Bertz CT molecular complexity index is 392. The van der Waals surface area contributed by atoms with E-state index in [0.717, 1.165) is 19.6 Å². The summed E-state index contributed by atoms with van der Waals surface area (Å²) in [6.45, 7) is 9.74. The number of nitrogens with zero attached hydrogens (tertiary/aromatic N) is 1. The second-order valence-electron chi connectivity index (χ2n) is 5.55. The highest BCUT2D eigenvalue weighted by Gasteiger charge is 2.27. The average Bonchev–Trinajstić information content (AvgIpc) is 2.64. The van der Waals surface area contributed by atoms with Crippen molar-refractivity contribution in [2.24, 2.45) is 11.7 Å². The quantitative estimate of drug-likeness (QED) is 0.913. The molecule has 1 saturated heterocycles. The molecule has 1 aromatic rings. The van der Waals surface area contributed by atoms with Crippen molar-refractivity contribution in [1.29, 1.82) is 0 Å². The summed E-state index contributed by atoms with van der Waals surface area (Å²) in [6, 6.07) is 7.43. The second-order valence-corrected chi connectivity index (χ2v) is 5.55. The Hall–Kier alpha value is -0.570. The van der Waals surface area contributed by atoms with Crippen LogP contribution in [0.25, 0.3) is 0 Å². The lowest BCUT2D eigenvalue weighted by Gasteiger charge is -2.22. The van der Waals surface area contributed by atoms with E-state index in [4.69, 9.17) is 5.73 Å². The van der Waals surface area contributed by atoms with Gasteiger partial charge in [0.1, 0.15) is 0 Å².